The van der Waals surface area contributed by atoms with Crippen LogP contribution in [-0.2, 0) is 4.74 Å². The van der Waals surface area contributed by atoms with Crippen molar-refractivity contribution in [3.63, 3.8) is 0 Å². The second-order valence-corrected chi connectivity index (χ2v) is 6.64. The monoisotopic (exact) mass is 286 g/mol. The Morgan fingerprint density at radius 3 is 2.86 bits per heavy atom. The molecule has 0 radical (unpaired) electrons. The SMILES string of the molecule is CC1(C2CC2)Nc2ccccc2C(=O)N1CC1CCCO1. The molecule has 1 saturated heterocycles. The molecule has 0 aromatic heterocycles. The van der Waals surface area contributed by atoms with Crippen LogP contribution < -0.4 is 5.32 Å². The van der Waals surface area contributed by atoms with E-state index in [9.17, 15) is 4.79 Å². The summed E-state index contributed by atoms with van der Waals surface area (Å²) >= 11 is 0. The van der Waals surface area contributed by atoms with Gasteiger partial charge < -0.3 is 15.0 Å². The first-order valence-electron chi connectivity index (χ1n) is 7.99. The highest BCUT2D eigenvalue weighted by Crippen LogP contribution is 2.46. The van der Waals surface area contributed by atoms with Crippen molar-refractivity contribution in [1.29, 1.82) is 0 Å². The zero-order chi connectivity index (χ0) is 14.4. The number of ether oxygens (including phenoxy) is 1. The molecule has 2 heterocycles. The summed E-state index contributed by atoms with van der Waals surface area (Å²) in [4.78, 5) is 15.0. The van der Waals surface area contributed by atoms with Gasteiger partial charge >= 0.3 is 0 Å². The quantitative estimate of drug-likeness (QED) is 0.929. The minimum absolute atomic E-state index is 0.147. The average molecular weight is 286 g/mol. The van der Waals surface area contributed by atoms with Crippen molar-refractivity contribution in [2.45, 2.75) is 44.4 Å². The molecule has 1 aliphatic carbocycles. The van der Waals surface area contributed by atoms with Crippen LogP contribution >= 0.6 is 0 Å². The van der Waals surface area contributed by atoms with Crippen LogP contribution in [0.2, 0.25) is 0 Å². The third kappa shape index (κ3) is 2.13. The highest BCUT2D eigenvalue weighted by atomic mass is 16.5. The van der Waals surface area contributed by atoms with Crippen molar-refractivity contribution in [2.75, 3.05) is 18.5 Å². The lowest BCUT2D eigenvalue weighted by molar-refractivity contribution is 0.0199. The summed E-state index contributed by atoms with van der Waals surface area (Å²) in [6, 6.07) is 7.85. The molecule has 112 valence electrons. The molecule has 2 fully saturated rings. The van der Waals surface area contributed by atoms with Crippen molar-refractivity contribution < 1.29 is 9.53 Å². The maximum Gasteiger partial charge on any atom is 0.257 e. The third-order valence-corrected chi connectivity index (χ3v) is 5.13. The number of benzene rings is 1. The number of fused-ring (bicyclic) bond motifs is 1. The van der Waals surface area contributed by atoms with Gasteiger partial charge in [-0.25, -0.2) is 0 Å². The first-order valence-corrected chi connectivity index (χ1v) is 7.99. The number of carbonyl (C=O) groups is 1. The predicted molar refractivity (Wildman–Crippen MR) is 81.2 cm³/mol. The average Bonchev–Trinajstić information content (AvgIpc) is 3.22. The lowest BCUT2D eigenvalue weighted by Crippen LogP contribution is -2.61. The lowest BCUT2D eigenvalue weighted by atomic mass is 9.95. The number of anilines is 1. The van der Waals surface area contributed by atoms with Crippen LogP contribution in [0.3, 0.4) is 0 Å². The van der Waals surface area contributed by atoms with E-state index >= 15 is 0 Å². The van der Waals surface area contributed by atoms with Gasteiger partial charge in [-0.1, -0.05) is 12.1 Å². The molecule has 4 heteroatoms. The number of rotatable bonds is 3. The number of para-hydroxylation sites is 1. The predicted octanol–water partition coefficient (Wildman–Crippen LogP) is 2.86. The van der Waals surface area contributed by atoms with Gasteiger partial charge in [0, 0.05) is 24.8 Å². The normalized spacial score (nSPS) is 32.0. The van der Waals surface area contributed by atoms with E-state index in [0.717, 1.165) is 30.7 Å². The molecular weight excluding hydrogens is 264 g/mol. The molecular formula is C17H22N2O2. The van der Waals surface area contributed by atoms with Crippen molar-refractivity contribution in [3.05, 3.63) is 29.8 Å². The molecule has 21 heavy (non-hydrogen) atoms. The fourth-order valence-electron chi connectivity index (χ4n) is 3.71. The molecule has 2 aliphatic heterocycles. The Balaban J connectivity index is 1.69. The Bertz CT molecular complexity index is 564. The van der Waals surface area contributed by atoms with Gasteiger partial charge in [-0.2, -0.15) is 0 Å². The smallest absolute Gasteiger partial charge is 0.257 e. The van der Waals surface area contributed by atoms with Crippen LogP contribution in [0.4, 0.5) is 5.69 Å². The summed E-state index contributed by atoms with van der Waals surface area (Å²) < 4.78 is 5.76. The summed E-state index contributed by atoms with van der Waals surface area (Å²) in [5, 5.41) is 3.64. The Labute approximate surface area is 125 Å². The molecule has 1 N–H and O–H groups in total. The molecule has 1 aromatic carbocycles. The summed E-state index contributed by atoms with van der Waals surface area (Å²) in [6.07, 6.45) is 4.75. The van der Waals surface area contributed by atoms with Crippen LogP contribution in [-0.4, -0.2) is 35.7 Å². The van der Waals surface area contributed by atoms with Crippen LogP contribution in [0.5, 0.6) is 0 Å². The van der Waals surface area contributed by atoms with E-state index in [1.165, 1.54) is 12.8 Å². The Morgan fingerprint density at radius 1 is 1.33 bits per heavy atom. The first kappa shape index (κ1) is 13.1. The Hall–Kier alpha value is -1.55. The van der Waals surface area contributed by atoms with Gasteiger partial charge in [0.1, 0.15) is 5.66 Å². The summed E-state index contributed by atoms with van der Waals surface area (Å²) in [5.74, 6) is 0.699. The minimum Gasteiger partial charge on any atom is -0.376 e. The topological polar surface area (TPSA) is 41.6 Å². The van der Waals surface area contributed by atoms with Crippen LogP contribution in [0, 0.1) is 5.92 Å². The Kier molecular flexibility index (Phi) is 2.96. The van der Waals surface area contributed by atoms with Gasteiger partial charge in [-0.3, -0.25) is 4.79 Å². The van der Waals surface area contributed by atoms with E-state index in [1.807, 2.05) is 29.2 Å². The maximum atomic E-state index is 13.0. The second-order valence-electron chi connectivity index (χ2n) is 6.64. The largest absolute Gasteiger partial charge is 0.376 e. The molecule has 1 aromatic rings. The molecule has 1 amide bonds. The Morgan fingerprint density at radius 2 is 2.14 bits per heavy atom. The van der Waals surface area contributed by atoms with E-state index in [0.29, 0.717) is 12.5 Å². The minimum atomic E-state index is -0.266. The van der Waals surface area contributed by atoms with Crippen molar-refractivity contribution in [2.24, 2.45) is 5.92 Å². The second kappa shape index (κ2) is 4.73. The van der Waals surface area contributed by atoms with Crippen molar-refractivity contribution >= 4 is 11.6 Å². The number of hydrogen-bond donors (Lipinski definition) is 1. The number of hydrogen-bond acceptors (Lipinski definition) is 3. The summed E-state index contributed by atoms with van der Waals surface area (Å²) in [6.45, 7) is 3.71. The van der Waals surface area contributed by atoms with Gasteiger partial charge in [0.15, 0.2) is 0 Å². The van der Waals surface area contributed by atoms with Gasteiger partial charge in [0.05, 0.1) is 11.7 Å². The molecule has 4 nitrogen and oxygen atoms in total. The van der Waals surface area contributed by atoms with Crippen molar-refractivity contribution in [3.8, 4) is 0 Å². The first-order chi connectivity index (χ1) is 10.2. The zero-order valence-electron chi connectivity index (χ0n) is 12.5. The van der Waals surface area contributed by atoms with Crippen LogP contribution in [0.25, 0.3) is 0 Å². The summed E-state index contributed by atoms with van der Waals surface area (Å²) in [5.41, 5.74) is 1.49. The van der Waals surface area contributed by atoms with Gasteiger partial charge in [0.25, 0.3) is 5.91 Å². The highest BCUT2D eigenvalue weighted by Gasteiger charge is 2.51. The molecule has 2 atom stereocenters. The standard InChI is InChI=1S/C17H22N2O2/c1-17(12-8-9-12)18-15-7-3-2-6-14(15)16(20)19(17)11-13-5-4-10-21-13/h2-3,6-7,12-13,18H,4-5,8-11H2,1H3. The van der Waals surface area contributed by atoms with Gasteiger partial charge in [0.2, 0.25) is 0 Å². The molecule has 1 saturated carbocycles. The van der Waals surface area contributed by atoms with E-state index in [2.05, 4.69) is 12.2 Å². The third-order valence-electron chi connectivity index (χ3n) is 5.13. The molecule has 2 unspecified atom stereocenters. The van der Waals surface area contributed by atoms with E-state index < -0.39 is 0 Å². The lowest BCUT2D eigenvalue weighted by Gasteiger charge is -2.47. The summed E-state index contributed by atoms with van der Waals surface area (Å²) in [7, 11) is 0. The molecule has 4 rings (SSSR count). The fraction of sp³-hybridized carbons (Fsp3) is 0.588. The van der Waals surface area contributed by atoms with Crippen LogP contribution in [0.15, 0.2) is 24.3 Å². The number of amides is 1. The van der Waals surface area contributed by atoms with E-state index in [4.69, 9.17) is 4.74 Å². The van der Waals surface area contributed by atoms with Gasteiger partial charge in [-0.05, 0) is 44.7 Å². The number of nitrogens with zero attached hydrogens (tertiary/aromatic N) is 1. The zero-order valence-corrected chi connectivity index (χ0v) is 12.5. The van der Waals surface area contributed by atoms with E-state index in [-0.39, 0.29) is 17.7 Å². The fourth-order valence-corrected chi connectivity index (χ4v) is 3.71. The number of carbonyl (C=O) groups excluding carboxylic acids is 1. The van der Waals surface area contributed by atoms with Crippen LogP contribution in [0.1, 0.15) is 43.0 Å². The van der Waals surface area contributed by atoms with E-state index in [1.54, 1.807) is 0 Å². The van der Waals surface area contributed by atoms with Crippen molar-refractivity contribution in [1.82, 2.24) is 4.90 Å². The van der Waals surface area contributed by atoms with Gasteiger partial charge in [-0.15, -0.1) is 0 Å². The molecule has 0 spiro atoms. The highest BCUT2D eigenvalue weighted by molar-refractivity contribution is 6.02. The number of nitrogens with one attached hydrogen (secondary N) is 1. The maximum absolute atomic E-state index is 13.0. The molecule has 3 aliphatic rings. The molecule has 0 bridgehead atoms.